The lowest BCUT2D eigenvalue weighted by molar-refractivity contribution is -0.130. The van der Waals surface area contributed by atoms with Gasteiger partial charge in [0, 0.05) is 43.9 Å². The molecule has 2 aromatic rings. The molecule has 1 atom stereocenters. The van der Waals surface area contributed by atoms with Gasteiger partial charge in [-0.2, -0.15) is 0 Å². The van der Waals surface area contributed by atoms with Crippen molar-refractivity contribution in [2.24, 2.45) is 5.73 Å². The second kappa shape index (κ2) is 8.35. The van der Waals surface area contributed by atoms with Crippen LogP contribution in [0.15, 0.2) is 30.5 Å². The summed E-state index contributed by atoms with van der Waals surface area (Å²) in [5.41, 5.74) is 14.2. The van der Waals surface area contributed by atoms with E-state index in [4.69, 9.17) is 11.5 Å². The monoisotopic (exact) mass is 382 g/mol. The number of benzene rings is 1. The quantitative estimate of drug-likeness (QED) is 0.799. The van der Waals surface area contributed by atoms with Gasteiger partial charge >= 0.3 is 0 Å². The van der Waals surface area contributed by atoms with E-state index in [1.165, 1.54) is 0 Å². The van der Waals surface area contributed by atoms with Crippen LogP contribution in [0.2, 0.25) is 0 Å². The molecule has 1 aromatic carbocycles. The molecular weight excluding hydrogens is 356 g/mol. The van der Waals surface area contributed by atoms with E-state index in [0.717, 1.165) is 42.8 Å². The molecule has 0 bridgehead atoms. The number of piperidine rings is 1. The van der Waals surface area contributed by atoms with E-state index < -0.39 is 5.91 Å². The second-order valence-electron chi connectivity index (χ2n) is 7.33. The highest BCUT2D eigenvalue weighted by Crippen LogP contribution is 2.33. The Hall–Kier alpha value is -3.00. The van der Waals surface area contributed by atoms with Crippen molar-refractivity contribution in [2.75, 3.05) is 39.5 Å². The molecule has 28 heavy (non-hydrogen) atoms. The predicted molar refractivity (Wildman–Crippen MR) is 108 cm³/mol. The van der Waals surface area contributed by atoms with Crippen LogP contribution in [0.25, 0.3) is 11.1 Å². The molecule has 3 rings (SSSR count). The number of aromatic nitrogens is 2. The Morgan fingerprint density at radius 2 is 2.11 bits per heavy atom. The van der Waals surface area contributed by atoms with Gasteiger partial charge in [0.1, 0.15) is 0 Å². The number of nitrogens with zero attached hydrogens (tertiary/aromatic N) is 4. The summed E-state index contributed by atoms with van der Waals surface area (Å²) < 4.78 is 0. The molecule has 0 aliphatic carbocycles. The number of rotatable bonds is 5. The Labute approximate surface area is 164 Å². The molecule has 1 aromatic heterocycles. The van der Waals surface area contributed by atoms with Crippen LogP contribution in [0, 0.1) is 0 Å². The molecule has 1 saturated heterocycles. The van der Waals surface area contributed by atoms with Crippen molar-refractivity contribution < 1.29 is 9.59 Å². The van der Waals surface area contributed by atoms with Gasteiger partial charge in [-0.1, -0.05) is 12.1 Å². The highest BCUT2D eigenvalue weighted by atomic mass is 16.2. The zero-order valence-corrected chi connectivity index (χ0v) is 16.3. The number of primary amides is 1. The number of nitrogens with two attached hydrogens (primary N) is 2. The smallest absolute Gasteiger partial charge is 0.248 e. The van der Waals surface area contributed by atoms with Gasteiger partial charge in [-0.25, -0.2) is 9.97 Å². The van der Waals surface area contributed by atoms with Crippen molar-refractivity contribution in [1.29, 1.82) is 0 Å². The maximum absolute atomic E-state index is 12.1. The summed E-state index contributed by atoms with van der Waals surface area (Å²) in [7, 11) is 3.53. The number of amides is 2. The van der Waals surface area contributed by atoms with Gasteiger partial charge in [-0.05, 0) is 37.1 Å². The van der Waals surface area contributed by atoms with Gasteiger partial charge in [-0.15, -0.1) is 0 Å². The van der Waals surface area contributed by atoms with E-state index in [0.29, 0.717) is 12.1 Å². The molecule has 1 fully saturated rings. The van der Waals surface area contributed by atoms with Crippen LogP contribution < -0.4 is 11.5 Å². The van der Waals surface area contributed by atoms with E-state index in [1.54, 1.807) is 43.4 Å². The fraction of sp³-hybridized carbons (Fsp3) is 0.400. The van der Waals surface area contributed by atoms with Crippen LogP contribution >= 0.6 is 0 Å². The molecular formula is C20H26N6O2. The molecule has 0 spiro atoms. The van der Waals surface area contributed by atoms with Crippen molar-refractivity contribution in [3.8, 4) is 11.1 Å². The molecule has 2 heterocycles. The van der Waals surface area contributed by atoms with E-state index >= 15 is 0 Å². The summed E-state index contributed by atoms with van der Waals surface area (Å²) in [6, 6.07) is 7.12. The molecule has 8 nitrogen and oxygen atoms in total. The van der Waals surface area contributed by atoms with Gasteiger partial charge in [0.25, 0.3) is 0 Å². The Morgan fingerprint density at radius 3 is 2.82 bits per heavy atom. The third-order valence-electron chi connectivity index (χ3n) is 5.04. The number of nitrogen functional groups attached to an aromatic ring is 1. The topological polar surface area (TPSA) is 118 Å². The summed E-state index contributed by atoms with van der Waals surface area (Å²) in [6.07, 6.45) is 3.61. The van der Waals surface area contributed by atoms with E-state index in [-0.39, 0.29) is 17.8 Å². The molecule has 0 saturated carbocycles. The number of carbonyl (C=O) groups excluding carboxylic acids is 2. The number of hydrogen-bond donors (Lipinski definition) is 2. The van der Waals surface area contributed by atoms with Gasteiger partial charge in [-0.3, -0.25) is 14.5 Å². The van der Waals surface area contributed by atoms with Crippen LogP contribution in [-0.4, -0.2) is 65.3 Å². The number of anilines is 1. The zero-order chi connectivity index (χ0) is 20.3. The number of hydrogen-bond acceptors (Lipinski definition) is 6. The van der Waals surface area contributed by atoms with E-state index in [1.807, 2.05) is 6.07 Å². The minimum Gasteiger partial charge on any atom is -0.368 e. The Bertz CT molecular complexity index is 883. The Morgan fingerprint density at radius 1 is 1.32 bits per heavy atom. The lowest BCUT2D eigenvalue weighted by Crippen LogP contribution is -2.41. The first-order valence-electron chi connectivity index (χ1n) is 9.30. The highest BCUT2D eigenvalue weighted by Gasteiger charge is 2.27. The standard InChI is InChI=1S/C20H26N6O2/c1-25(2)17(27)12-26-8-4-7-15(11-26)18-16(10-23-20(22)24-18)13-5-3-6-14(9-13)19(21)28/h3,5-6,9-10,15H,4,7-8,11-12H2,1-2H3,(H2,21,28)(H2,22,23,24). The Kier molecular flexibility index (Phi) is 5.89. The molecule has 4 N–H and O–H groups in total. The van der Waals surface area contributed by atoms with Crippen molar-refractivity contribution in [2.45, 2.75) is 18.8 Å². The SMILES string of the molecule is CN(C)C(=O)CN1CCCC(c2nc(N)ncc2-c2cccc(C(N)=O)c2)C1. The molecule has 148 valence electrons. The first-order chi connectivity index (χ1) is 13.3. The summed E-state index contributed by atoms with van der Waals surface area (Å²) >= 11 is 0. The number of likely N-dealkylation sites (tertiary alicyclic amines) is 1. The predicted octanol–water partition coefficient (Wildman–Crippen LogP) is 1.09. The molecule has 0 radical (unpaired) electrons. The first-order valence-corrected chi connectivity index (χ1v) is 9.30. The van der Waals surface area contributed by atoms with Crippen molar-refractivity contribution in [1.82, 2.24) is 19.8 Å². The maximum atomic E-state index is 12.1. The van der Waals surface area contributed by atoms with Crippen molar-refractivity contribution in [3.05, 3.63) is 41.7 Å². The summed E-state index contributed by atoms with van der Waals surface area (Å²) in [4.78, 5) is 36.1. The fourth-order valence-electron chi connectivity index (χ4n) is 3.54. The average molecular weight is 382 g/mol. The van der Waals surface area contributed by atoms with Gasteiger partial charge in [0.05, 0.1) is 12.2 Å². The molecule has 1 unspecified atom stereocenters. The summed E-state index contributed by atoms with van der Waals surface area (Å²) in [5.74, 6) is -0.0596. The lowest BCUT2D eigenvalue weighted by atomic mass is 9.89. The van der Waals surface area contributed by atoms with E-state index in [2.05, 4.69) is 14.9 Å². The Balaban J connectivity index is 1.91. The van der Waals surface area contributed by atoms with Crippen LogP contribution in [0.3, 0.4) is 0 Å². The lowest BCUT2D eigenvalue weighted by Gasteiger charge is -2.33. The fourth-order valence-corrected chi connectivity index (χ4v) is 3.54. The average Bonchev–Trinajstić information content (AvgIpc) is 2.68. The van der Waals surface area contributed by atoms with Crippen LogP contribution in [0.5, 0.6) is 0 Å². The van der Waals surface area contributed by atoms with Crippen molar-refractivity contribution >= 4 is 17.8 Å². The van der Waals surface area contributed by atoms with E-state index in [9.17, 15) is 9.59 Å². The molecule has 2 amide bonds. The van der Waals surface area contributed by atoms with Crippen LogP contribution in [0.4, 0.5) is 5.95 Å². The maximum Gasteiger partial charge on any atom is 0.248 e. The molecule has 1 aliphatic heterocycles. The summed E-state index contributed by atoms with van der Waals surface area (Å²) in [5, 5.41) is 0. The largest absolute Gasteiger partial charge is 0.368 e. The summed E-state index contributed by atoms with van der Waals surface area (Å²) in [6.45, 7) is 1.98. The van der Waals surface area contributed by atoms with Gasteiger partial charge in [0.2, 0.25) is 17.8 Å². The third kappa shape index (κ3) is 4.45. The van der Waals surface area contributed by atoms with Crippen LogP contribution in [-0.2, 0) is 4.79 Å². The normalized spacial score (nSPS) is 17.3. The minimum atomic E-state index is -0.481. The number of likely N-dealkylation sites (N-methyl/N-ethyl adjacent to an activating group) is 1. The number of carbonyl (C=O) groups is 2. The molecule has 8 heteroatoms. The minimum absolute atomic E-state index is 0.0808. The van der Waals surface area contributed by atoms with Crippen LogP contribution in [0.1, 0.15) is 34.8 Å². The van der Waals surface area contributed by atoms with Crippen molar-refractivity contribution in [3.63, 3.8) is 0 Å². The zero-order valence-electron chi connectivity index (χ0n) is 16.3. The van der Waals surface area contributed by atoms with Gasteiger partial charge in [0.15, 0.2) is 0 Å². The second-order valence-corrected chi connectivity index (χ2v) is 7.33. The molecule has 1 aliphatic rings. The highest BCUT2D eigenvalue weighted by molar-refractivity contribution is 5.94. The first kappa shape index (κ1) is 19.8. The van der Waals surface area contributed by atoms with Gasteiger partial charge < -0.3 is 16.4 Å². The third-order valence-corrected chi connectivity index (χ3v) is 5.04.